The lowest BCUT2D eigenvalue weighted by Crippen LogP contribution is -2.05. The van der Waals surface area contributed by atoms with Gasteiger partial charge in [0.15, 0.2) is 0 Å². The predicted molar refractivity (Wildman–Crippen MR) is 64.5 cm³/mol. The summed E-state index contributed by atoms with van der Waals surface area (Å²) in [5, 5.41) is 10.8. The van der Waals surface area contributed by atoms with Crippen molar-refractivity contribution in [1.82, 2.24) is 15.4 Å². The van der Waals surface area contributed by atoms with Gasteiger partial charge in [-0.15, -0.1) is 0 Å². The summed E-state index contributed by atoms with van der Waals surface area (Å²) in [6, 6.07) is 4.77. The van der Waals surface area contributed by atoms with E-state index in [1.165, 1.54) is 6.07 Å². The summed E-state index contributed by atoms with van der Waals surface area (Å²) < 4.78 is 13.8. The molecule has 0 aliphatic heterocycles. The lowest BCUT2D eigenvalue weighted by Gasteiger charge is -2.16. The maximum atomic E-state index is 13.8. The second kappa shape index (κ2) is 5.27. The third-order valence-electron chi connectivity index (χ3n) is 2.82. The summed E-state index contributed by atoms with van der Waals surface area (Å²) >= 11 is 6.06. The summed E-state index contributed by atoms with van der Waals surface area (Å²) in [5.41, 5.74) is 1.39. The highest BCUT2D eigenvalue weighted by Gasteiger charge is 2.18. The number of nitrogens with one attached hydrogen (secondary N) is 1. The van der Waals surface area contributed by atoms with Gasteiger partial charge in [-0.25, -0.2) is 4.39 Å². The van der Waals surface area contributed by atoms with E-state index in [9.17, 15) is 4.39 Å². The van der Waals surface area contributed by atoms with E-state index in [4.69, 9.17) is 11.6 Å². The molecule has 0 saturated heterocycles. The van der Waals surface area contributed by atoms with Crippen LogP contribution in [0.2, 0.25) is 5.02 Å². The molecule has 1 aromatic carbocycles. The van der Waals surface area contributed by atoms with Gasteiger partial charge in [-0.05, 0) is 24.5 Å². The summed E-state index contributed by atoms with van der Waals surface area (Å²) in [4.78, 5) is 0. The number of hydrogen-bond donors (Lipinski definition) is 1. The van der Waals surface area contributed by atoms with Gasteiger partial charge in [0, 0.05) is 17.0 Å². The standard InChI is InChI=1S/C12H13ClFN3/c1-2-8(6-9-7-15-17-16-9)12-10(13)4-3-5-11(12)14/h3-5,7-8H,2,6H2,1H3,(H,15,16,17). The van der Waals surface area contributed by atoms with Crippen LogP contribution in [0.15, 0.2) is 24.4 Å². The number of aromatic nitrogens is 3. The Morgan fingerprint density at radius 3 is 2.88 bits per heavy atom. The fourth-order valence-electron chi connectivity index (χ4n) is 1.93. The minimum atomic E-state index is -0.257. The highest BCUT2D eigenvalue weighted by atomic mass is 35.5. The Morgan fingerprint density at radius 1 is 1.47 bits per heavy atom. The minimum absolute atomic E-state index is 0.0220. The summed E-state index contributed by atoms with van der Waals surface area (Å²) in [7, 11) is 0. The molecule has 1 N–H and O–H groups in total. The van der Waals surface area contributed by atoms with E-state index in [1.807, 2.05) is 6.92 Å². The van der Waals surface area contributed by atoms with Gasteiger partial charge in [-0.1, -0.05) is 24.6 Å². The average molecular weight is 254 g/mol. The topological polar surface area (TPSA) is 41.6 Å². The van der Waals surface area contributed by atoms with E-state index in [0.29, 0.717) is 17.0 Å². The molecule has 1 atom stereocenters. The molecular weight excluding hydrogens is 241 g/mol. The van der Waals surface area contributed by atoms with Gasteiger partial charge in [0.1, 0.15) is 5.82 Å². The fraction of sp³-hybridized carbons (Fsp3) is 0.333. The van der Waals surface area contributed by atoms with E-state index in [-0.39, 0.29) is 11.7 Å². The largest absolute Gasteiger partial charge is 0.207 e. The third kappa shape index (κ3) is 2.64. The molecule has 17 heavy (non-hydrogen) atoms. The van der Waals surface area contributed by atoms with Gasteiger partial charge in [-0.2, -0.15) is 15.4 Å². The van der Waals surface area contributed by atoms with Crippen LogP contribution in [0.25, 0.3) is 0 Å². The van der Waals surface area contributed by atoms with Crippen molar-refractivity contribution in [3.63, 3.8) is 0 Å². The second-order valence-corrected chi connectivity index (χ2v) is 4.31. The number of hydrogen-bond acceptors (Lipinski definition) is 2. The number of benzene rings is 1. The molecule has 5 heteroatoms. The van der Waals surface area contributed by atoms with Crippen LogP contribution in [0.1, 0.15) is 30.5 Å². The van der Waals surface area contributed by atoms with Crippen LogP contribution in [0.5, 0.6) is 0 Å². The number of H-pyrrole nitrogens is 1. The van der Waals surface area contributed by atoms with Crippen LogP contribution in [0.3, 0.4) is 0 Å². The lowest BCUT2D eigenvalue weighted by atomic mass is 9.91. The van der Waals surface area contributed by atoms with Gasteiger partial charge in [0.25, 0.3) is 0 Å². The normalized spacial score (nSPS) is 12.6. The van der Waals surface area contributed by atoms with Crippen molar-refractivity contribution in [2.75, 3.05) is 0 Å². The van der Waals surface area contributed by atoms with Crippen molar-refractivity contribution in [1.29, 1.82) is 0 Å². The first-order valence-corrected chi connectivity index (χ1v) is 5.88. The highest BCUT2D eigenvalue weighted by Crippen LogP contribution is 2.31. The fourth-order valence-corrected chi connectivity index (χ4v) is 2.24. The Morgan fingerprint density at radius 2 is 2.29 bits per heavy atom. The predicted octanol–water partition coefficient (Wildman–Crippen LogP) is 3.33. The van der Waals surface area contributed by atoms with Crippen molar-refractivity contribution in [2.24, 2.45) is 0 Å². The van der Waals surface area contributed by atoms with E-state index >= 15 is 0 Å². The van der Waals surface area contributed by atoms with E-state index in [1.54, 1.807) is 18.3 Å². The molecule has 0 aliphatic rings. The first kappa shape index (κ1) is 12.0. The molecule has 0 fully saturated rings. The van der Waals surface area contributed by atoms with Crippen LogP contribution >= 0.6 is 11.6 Å². The van der Waals surface area contributed by atoms with Crippen molar-refractivity contribution in [3.05, 3.63) is 46.5 Å². The Bertz CT molecular complexity index is 464. The molecule has 0 bridgehead atoms. The quantitative estimate of drug-likeness (QED) is 0.908. The maximum Gasteiger partial charge on any atom is 0.128 e. The van der Waals surface area contributed by atoms with E-state index in [0.717, 1.165) is 12.1 Å². The van der Waals surface area contributed by atoms with Crippen LogP contribution in [-0.4, -0.2) is 15.4 Å². The molecule has 0 radical (unpaired) electrons. The van der Waals surface area contributed by atoms with Gasteiger partial charge in [-0.3, -0.25) is 0 Å². The first-order valence-electron chi connectivity index (χ1n) is 5.51. The van der Waals surface area contributed by atoms with Crippen LogP contribution in [0.4, 0.5) is 4.39 Å². The molecule has 0 amide bonds. The molecular formula is C12H13ClFN3. The molecule has 1 unspecified atom stereocenters. The van der Waals surface area contributed by atoms with Crippen molar-refractivity contribution in [2.45, 2.75) is 25.7 Å². The molecule has 0 saturated carbocycles. The molecule has 0 spiro atoms. The molecule has 1 heterocycles. The Kier molecular flexibility index (Phi) is 3.74. The van der Waals surface area contributed by atoms with Crippen molar-refractivity contribution < 1.29 is 4.39 Å². The summed E-state index contributed by atoms with van der Waals surface area (Å²) in [6.07, 6.45) is 3.08. The molecule has 3 nitrogen and oxygen atoms in total. The average Bonchev–Trinajstić information content (AvgIpc) is 2.80. The van der Waals surface area contributed by atoms with Crippen LogP contribution in [-0.2, 0) is 6.42 Å². The zero-order valence-electron chi connectivity index (χ0n) is 9.45. The smallest absolute Gasteiger partial charge is 0.128 e. The number of halogens is 2. The number of rotatable bonds is 4. The Labute approximate surface area is 104 Å². The zero-order valence-corrected chi connectivity index (χ0v) is 10.2. The summed E-state index contributed by atoms with van der Waals surface area (Å²) in [5.74, 6) is -0.235. The van der Waals surface area contributed by atoms with Gasteiger partial charge in [0.05, 0.1) is 11.9 Å². The second-order valence-electron chi connectivity index (χ2n) is 3.91. The van der Waals surface area contributed by atoms with Gasteiger partial charge >= 0.3 is 0 Å². The monoisotopic (exact) mass is 253 g/mol. The minimum Gasteiger partial charge on any atom is -0.207 e. The SMILES string of the molecule is CCC(Cc1cn[nH]n1)c1c(F)cccc1Cl. The molecule has 2 rings (SSSR count). The van der Waals surface area contributed by atoms with Crippen molar-refractivity contribution in [3.8, 4) is 0 Å². The van der Waals surface area contributed by atoms with Gasteiger partial charge in [0.2, 0.25) is 0 Å². The lowest BCUT2D eigenvalue weighted by molar-refractivity contribution is 0.562. The highest BCUT2D eigenvalue weighted by molar-refractivity contribution is 6.31. The number of aromatic amines is 1. The van der Waals surface area contributed by atoms with Crippen molar-refractivity contribution >= 4 is 11.6 Å². The van der Waals surface area contributed by atoms with Crippen LogP contribution < -0.4 is 0 Å². The van der Waals surface area contributed by atoms with E-state index in [2.05, 4.69) is 15.4 Å². The molecule has 0 aliphatic carbocycles. The molecule has 90 valence electrons. The zero-order chi connectivity index (χ0) is 12.3. The van der Waals surface area contributed by atoms with Gasteiger partial charge < -0.3 is 0 Å². The number of nitrogens with zero attached hydrogens (tertiary/aromatic N) is 2. The van der Waals surface area contributed by atoms with E-state index < -0.39 is 0 Å². The maximum absolute atomic E-state index is 13.8. The third-order valence-corrected chi connectivity index (χ3v) is 3.15. The summed E-state index contributed by atoms with van der Waals surface area (Å²) in [6.45, 7) is 2.01. The molecule has 1 aromatic heterocycles. The first-order chi connectivity index (χ1) is 8.22. The Balaban J connectivity index is 2.29. The van der Waals surface area contributed by atoms with Crippen LogP contribution in [0, 0.1) is 5.82 Å². The Hall–Kier alpha value is -1.42. The molecule has 2 aromatic rings.